The number of fused-ring (bicyclic) bond motifs is 5. The number of nitrogens with zero attached hydrogens (tertiary/aromatic N) is 2. The van der Waals surface area contributed by atoms with E-state index in [0.717, 1.165) is 30.7 Å². The Morgan fingerprint density at radius 1 is 1.03 bits per heavy atom. The van der Waals surface area contributed by atoms with Crippen molar-refractivity contribution in [2.75, 3.05) is 28.2 Å². The van der Waals surface area contributed by atoms with Gasteiger partial charge in [0.15, 0.2) is 0 Å². The van der Waals surface area contributed by atoms with Gasteiger partial charge in [0.2, 0.25) is 5.91 Å². The highest BCUT2D eigenvalue weighted by Crippen LogP contribution is 2.67. The summed E-state index contributed by atoms with van der Waals surface area (Å²) in [7, 11) is 8.15. The highest BCUT2D eigenvalue weighted by atomic mass is 16.2. The minimum Gasteiger partial charge on any atom is -0.349 e. The molecular formula is C28H48N2O2. The molecule has 1 amide bonds. The molecule has 0 spiro atoms. The molecule has 0 saturated heterocycles. The van der Waals surface area contributed by atoms with Gasteiger partial charge in [-0.2, -0.15) is 0 Å². The van der Waals surface area contributed by atoms with E-state index >= 15 is 0 Å². The Hall–Kier alpha value is -0.900. The zero-order valence-corrected chi connectivity index (χ0v) is 21.8. The second-order valence-corrected chi connectivity index (χ2v) is 12.9. The molecule has 4 rings (SSSR count). The second-order valence-electron chi connectivity index (χ2n) is 12.9. The van der Waals surface area contributed by atoms with Crippen LogP contribution in [0.15, 0.2) is 0 Å². The molecule has 4 aliphatic carbocycles. The minimum absolute atomic E-state index is 0.161. The Balaban J connectivity index is 1.51. The first-order chi connectivity index (χ1) is 15.0. The molecule has 9 atom stereocenters. The van der Waals surface area contributed by atoms with E-state index in [1.807, 2.05) is 14.1 Å². The van der Waals surface area contributed by atoms with Crippen LogP contribution in [0.1, 0.15) is 85.0 Å². The molecule has 0 aliphatic heterocycles. The summed E-state index contributed by atoms with van der Waals surface area (Å²) < 4.78 is 0. The van der Waals surface area contributed by atoms with Gasteiger partial charge in [-0.1, -0.05) is 20.8 Å². The average Bonchev–Trinajstić information content (AvgIpc) is 3.10. The third-order valence-corrected chi connectivity index (χ3v) is 11.3. The summed E-state index contributed by atoms with van der Waals surface area (Å²) in [5.74, 6) is 4.35. The first-order valence-corrected chi connectivity index (χ1v) is 13.4. The number of Topliss-reactive ketones (excluding diaryl/α,β-unsaturated/α-hetero) is 1. The third-order valence-electron chi connectivity index (χ3n) is 11.3. The van der Waals surface area contributed by atoms with Gasteiger partial charge in [0.25, 0.3) is 0 Å². The number of ketones is 1. The van der Waals surface area contributed by atoms with Crippen molar-refractivity contribution < 1.29 is 9.59 Å². The van der Waals surface area contributed by atoms with Gasteiger partial charge >= 0.3 is 0 Å². The van der Waals surface area contributed by atoms with Gasteiger partial charge < -0.3 is 9.80 Å². The molecule has 4 nitrogen and oxygen atoms in total. The maximum absolute atomic E-state index is 13.9. The van der Waals surface area contributed by atoms with Crippen molar-refractivity contribution in [2.45, 2.75) is 91.0 Å². The minimum atomic E-state index is -0.161. The molecule has 4 fully saturated rings. The van der Waals surface area contributed by atoms with E-state index < -0.39 is 0 Å². The monoisotopic (exact) mass is 444 g/mol. The van der Waals surface area contributed by atoms with E-state index in [1.165, 1.54) is 44.9 Å². The van der Waals surface area contributed by atoms with Crippen molar-refractivity contribution in [2.24, 2.45) is 46.3 Å². The van der Waals surface area contributed by atoms with Gasteiger partial charge in [-0.3, -0.25) is 9.59 Å². The predicted molar refractivity (Wildman–Crippen MR) is 130 cm³/mol. The predicted octanol–water partition coefficient (Wildman–Crippen LogP) is 5.26. The fraction of sp³-hybridized carbons (Fsp3) is 0.929. The van der Waals surface area contributed by atoms with E-state index in [0.29, 0.717) is 41.3 Å². The lowest BCUT2D eigenvalue weighted by Crippen LogP contribution is -2.58. The van der Waals surface area contributed by atoms with Crippen LogP contribution >= 0.6 is 0 Å². The quantitative estimate of drug-likeness (QED) is 0.581. The second kappa shape index (κ2) is 8.71. The zero-order chi connectivity index (χ0) is 23.4. The number of hydrogen-bond donors (Lipinski definition) is 0. The van der Waals surface area contributed by atoms with Gasteiger partial charge in [0.05, 0.1) is 0 Å². The molecule has 4 saturated carbocycles. The van der Waals surface area contributed by atoms with Crippen LogP contribution in [0.2, 0.25) is 0 Å². The summed E-state index contributed by atoms with van der Waals surface area (Å²) in [6.07, 6.45) is 11.3. The summed E-state index contributed by atoms with van der Waals surface area (Å²) in [6, 6.07) is 0.718. The van der Waals surface area contributed by atoms with Crippen LogP contribution in [-0.4, -0.2) is 55.7 Å². The highest BCUT2D eigenvalue weighted by Gasteiger charge is 2.63. The van der Waals surface area contributed by atoms with Crippen molar-refractivity contribution in [1.29, 1.82) is 0 Å². The number of rotatable bonds is 5. The number of amides is 1. The molecule has 0 N–H and O–H groups in total. The van der Waals surface area contributed by atoms with E-state index in [4.69, 9.17) is 0 Å². The molecule has 0 radical (unpaired) electrons. The fourth-order valence-electron chi connectivity index (χ4n) is 9.13. The van der Waals surface area contributed by atoms with Crippen LogP contribution in [0.4, 0.5) is 0 Å². The fourth-order valence-corrected chi connectivity index (χ4v) is 9.13. The Labute approximate surface area is 196 Å². The first kappa shape index (κ1) is 24.2. The molecule has 182 valence electrons. The molecule has 4 heteroatoms. The van der Waals surface area contributed by atoms with Gasteiger partial charge in [-0.25, -0.2) is 0 Å². The lowest BCUT2D eigenvalue weighted by Gasteiger charge is -2.61. The number of hydrogen-bond acceptors (Lipinski definition) is 3. The molecule has 32 heavy (non-hydrogen) atoms. The summed E-state index contributed by atoms with van der Waals surface area (Å²) in [5.41, 5.74) is 0.194. The average molecular weight is 445 g/mol. The third kappa shape index (κ3) is 3.77. The van der Waals surface area contributed by atoms with Crippen molar-refractivity contribution in [3.05, 3.63) is 0 Å². The molecule has 0 aromatic heterocycles. The SMILES string of the molecule is C[C@H](CCC(=O)N(C)C)[C@H]1CC[C@H]2[C@@H]3CC[C@@H]4C[C@@H](N(C)C)CC[C@]4(C)[C@H]3CC(=O)[C@]12C. The lowest BCUT2D eigenvalue weighted by molar-refractivity contribution is -0.159. The smallest absolute Gasteiger partial charge is 0.222 e. The van der Waals surface area contributed by atoms with Crippen LogP contribution in [0.3, 0.4) is 0 Å². The lowest BCUT2D eigenvalue weighted by atomic mass is 9.44. The van der Waals surface area contributed by atoms with Gasteiger partial charge in [-0.15, -0.1) is 0 Å². The zero-order valence-electron chi connectivity index (χ0n) is 21.8. The number of carbonyl (C=O) groups excluding carboxylic acids is 2. The van der Waals surface area contributed by atoms with Crippen LogP contribution in [0.25, 0.3) is 0 Å². The van der Waals surface area contributed by atoms with Crippen LogP contribution in [0.5, 0.6) is 0 Å². The topological polar surface area (TPSA) is 40.6 Å². The molecule has 0 unspecified atom stereocenters. The Bertz CT molecular complexity index is 733. The van der Waals surface area contributed by atoms with Crippen LogP contribution in [-0.2, 0) is 9.59 Å². The Morgan fingerprint density at radius 2 is 1.75 bits per heavy atom. The Morgan fingerprint density at radius 3 is 2.41 bits per heavy atom. The van der Waals surface area contributed by atoms with Crippen molar-refractivity contribution in [3.63, 3.8) is 0 Å². The van der Waals surface area contributed by atoms with E-state index in [9.17, 15) is 9.59 Å². The molecule has 0 aromatic rings. The number of carbonyl (C=O) groups is 2. The maximum atomic E-state index is 13.9. The maximum Gasteiger partial charge on any atom is 0.222 e. The summed E-state index contributed by atoms with van der Waals surface area (Å²) in [6.45, 7) is 7.19. The summed E-state index contributed by atoms with van der Waals surface area (Å²) in [4.78, 5) is 30.2. The largest absolute Gasteiger partial charge is 0.349 e. The van der Waals surface area contributed by atoms with Crippen LogP contribution < -0.4 is 0 Å². The van der Waals surface area contributed by atoms with Crippen molar-refractivity contribution in [1.82, 2.24) is 9.80 Å². The Kier molecular flexibility index (Phi) is 6.59. The molecule has 0 aromatic carbocycles. The normalized spacial score (nSPS) is 44.6. The van der Waals surface area contributed by atoms with E-state index in [-0.39, 0.29) is 11.3 Å². The van der Waals surface area contributed by atoms with Crippen molar-refractivity contribution >= 4 is 11.7 Å². The van der Waals surface area contributed by atoms with E-state index in [2.05, 4.69) is 39.8 Å². The highest BCUT2D eigenvalue weighted by molar-refractivity contribution is 5.87. The van der Waals surface area contributed by atoms with Crippen LogP contribution in [0, 0.1) is 46.3 Å². The van der Waals surface area contributed by atoms with Gasteiger partial charge in [0, 0.05) is 38.4 Å². The van der Waals surface area contributed by atoms with E-state index in [1.54, 1.807) is 4.90 Å². The first-order valence-electron chi connectivity index (χ1n) is 13.4. The van der Waals surface area contributed by atoms with Gasteiger partial charge in [-0.05, 0) is 106 Å². The molecular weight excluding hydrogens is 396 g/mol. The molecule has 4 aliphatic rings. The summed E-state index contributed by atoms with van der Waals surface area (Å²) in [5, 5.41) is 0. The standard InChI is InChI=1S/C28H48N2O2/c1-18(8-13-26(32)30(6)7)22-11-12-23-21-10-9-19-16-20(29(4)5)14-15-27(19,2)24(21)17-25(31)28(22,23)3/h18-24H,8-17H2,1-7H3/t18-,19-,20+,21+,22-,23+,24+,27+,28-/m1/s1. The molecule has 0 heterocycles. The summed E-state index contributed by atoms with van der Waals surface area (Å²) >= 11 is 0. The van der Waals surface area contributed by atoms with Crippen molar-refractivity contribution in [3.8, 4) is 0 Å². The molecule has 0 bridgehead atoms. The van der Waals surface area contributed by atoms with Gasteiger partial charge in [0.1, 0.15) is 5.78 Å².